The molecule has 0 bridgehead atoms. The number of carbonyl (C=O) groups excluding carboxylic acids is 2. The Morgan fingerprint density at radius 3 is 1.39 bits per heavy atom. The summed E-state index contributed by atoms with van der Waals surface area (Å²) in [5.41, 5.74) is 0. The molecule has 162 valence electrons. The van der Waals surface area contributed by atoms with Crippen molar-refractivity contribution in [2.24, 2.45) is 0 Å². The lowest BCUT2D eigenvalue weighted by Gasteiger charge is -2.12. The van der Waals surface area contributed by atoms with Crippen LogP contribution in [0.5, 0.6) is 0 Å². The summed E-state index contributed by atoms with van der Waals surface area (Å²) >= 11 is 12.4. The molecule has 0 fully saturated rings. The Morgan fingerprint density at radius 2 is 1.07 bits per heavy atom. The fourth-order valence-electron chi connectivity index (χ4n) is 1.83. The molecule has 0 aliphatic rings. The predicted molar refractivity (Wildman–Crippen MR) is 123 cm³/mol. The minimum Gasteiger partial charge on any atom is -0.479 e. The normalized spacial score (nSPS) is 12.6. The van der Waals surface area contributed by atoms with Gasteiger partial charge in [-0.15, -0.1) is 0 Å². The number of esters is 2. The topological polar surface area (TPSA) is 71.1 Å². The maximum atomic E-state index is 11.8. The Labute approximate surface area is 187 Å². The van der Waals surface area contributed by atoms with E-state index in [4.69, 9.17) is 43.4 Å². The summed E-state index contributed by atoms with van der Waals surface area (Å²) in [6.07, 6.45) is 3.31. The van der Waals surface area contributed by atoms with Crippen LogP contribution in [0.25, 0.3) is 0 Å². The lowest BCUT2D eigenvalue weighted by Crippen LogP contribution is -2.20. The van der Waals surface area contributed by atoms with Crippen molar-refractivity contribution in [1.82, 2.24) is 0 Å². The van der Waals surface area contributed by atoms with E-state index in [0.717, 1.165) is 25.7 Å². The van der Waals surface area contributed by atoms with Crippen LogP contribution in [0.15, 0.2) is 0 Å². The molecule has 0 aromatic rings. The number of hydrogen-bond donors (Lipinski definition) is 0. The summed E-state index contributed by atoms with van der Waals surface area (Å²) < 4.78 is 21.5. The Hall–Kier alpha value is -0.580. The van der Waals surface area contributed by atoms with Crippen LogP contribution in [0, 0.1) is 0 Å². The van der Waals surface area contributed by atoms with Crippen LogP contribution in [0.2, 0.25) is 0 Å². The van der Waals surface area contributed by atoms with Crippen molar-refractivity contribution >= 4 is 68.7 Å². The second kappa shape index (κ2) is 17.3. The average Bonchev–Trinajstić information content (AvgIpc) is 2.63. The molecule has 0 radical (unpaired) electrons. The first-order valence-corrected chi connectivity index (χ1v) is 11.9. The van der Waals surface area contributed by atoms with E-state index in [1.54, 1.807) is 13.8 Å². The van der Waals surface area contributed by atoms with Crippen LogP contribution in [0.1, 0.15) is 53.4 Å². The van der Waals surface area contributed by atoms with E-state index in [2.05, 4.69) is 0 Å². The van der Waals surface area contributed by atoms with Gasteiger partial charge in [-0.3, -0.25) is 9.59 Å². The van der Waals surface area contributed by atoms with Gasteiger partial charge in [-0.25, -0.2) is 0 Å². The van der Waals surface area contributed by atoms with Crippen molar-refractivity contribution < 1.29 is 28.5 Å². The van der Waals surface area contributed by atoms with Gasteiger partial charge in [-0.1, -0.05) is 23.5 Å². The van der Waals surface area contributed by atoms with Crippen LogP contribution in [0.4, 0.5) is 0 Å². The van der Waals surface area contributed by atoms with Gasteiger partial charge in [0.05, 0.1) is 26.4 Å². The smallest absolute Gasteiger partial charge is 0.319 e. The highest BCUT2D eigenvalue weighted by molar-refractivity contribution is 8.23. The molecule has 0 heterocycles. The van der Waals surface area contributed by atoms with Gasteiger partial charge in [0.15, 0.2) is 0 Å². The summed E-state index contributed by atoms with van der Waals surface area (Å²) in [7, 11) is 0. The first kappa shape index (κ1) is 27.4. The molecule has 0 N–H and O–H groups in total. The highest BCUT2D eigenvalue weighted by Gasteiger charge is 2.18. The summed E-state index contributed by atoms with van der Waals surface area (Å²) in [6, 6.07) is 0. The lowest BCUT2D eigenvalue weighted by atomic mass is 10.2. The number of thiocarbonyl (C=S) groups is 2. The zero-order chi connectivity index (χ0) is 21.4. The predicted octanol–water partition coefficient (Wildman–Crippen LogP) is 4.52. The van der Waals surface area contributed by atoms with Crippen molar-refractivity contribution in [1.29, 1.82) is 0 Å². The molecule has 0 aromatic heterocycles. The number of carbonyl (C=O) groups is 2. The maximum Gasteiger partial charge on any atom is 0.319 e. The van der Waals surface area contributed by atoms with Gasteiger partial charge in [-0.2, -0.15) is 0 Å². The van der Waals surface area contributed by atoms with Crippen molar-refractivity contribution in [3.63, 3.8) is 0 Å². The van der Waals surface area contributed by atoms with Crippen molar-refractivity contribution in [3.05, 3.63) is 0 Å². The molecular weight excluding hydrogens is 440 g/mol. The highest BCUT2D eigenvalue weighted by atomic mass is 32.2. The zero-order valence-corrected chi connectivity index (χ0v) is 20.2. The SMILES string of the molecule is CCOC(=S)SC(C)C(=O)OCCCCCCOC(=O)C(C)SC(=S)OCC. The van der Waals surface area contributed by atoms with Gasteiger partial charge in [0.1, 0.15) is 10.5 Å². The largest absolute Gasteiger partial charge is 0.479 e. The van der Waals surface area contributed by atoms with Crippen LogP contribution in [-0.2, 0) is 28.5 Å². The molecule has 0 rings (SSSR count). The third-order valence-electron chi connectivity index (χ3n) is 3.26. The van der Waals surface area contributed by atoms with E-state index >= 15 is 0 Å². The summed E-state index contributed by atoms with van der Waals surface area (Å²) in [5, 5.41) is -0.761. The first-order valence-electron chi connectivity index (χ1n) is 9.31. The molecule has 2 atom stereocenters. The quantitative estimate of drug-likeness (QED) is 0.218. The highest BCUT2D eigenvalue weighted by Crippen LogP contribution is 2.17. The molecule has 0 saturated carbocycles. The van der Waals surface area contributed by atoms with Gasteiger partial charge in [0.2, 0.25) is 8.77 Å². The van der Waals surface area contributed by atoms with Crippen LogP contribution >= 0.6 is 48.0 Å². The molecule has 0 spiro atoms. The van der Waals surface area contributed by atoms with Crippen LogP contribution in [-0.4, -0.2) is 57.6 Å². The second-order valence-corrected chi connectivity index (χ2v) is 9.52. The molecule has 2 unspecified atom stereocenters. The molecule has 0 aliphatic carbocycles. The number of unbranched alkanes of at least 4 members (excludes halogenated alkanes) is 3. The lowest BCUT2D eigenvalue weighted by molar-refractivity contribution is -0.143. The van der Waals surface area contributed by atoms with Crippen LogP contribution in [0.3, 0.4) is 0 Å². The van der Waals surface area contributed by atoms with Crippen molar-refractivity contribution in [2.75, 3.05) is 26.4 Å². The third kappa shape index (κ3) is 14.4. The number of ether oxygens (including phenoxy) is 4. The molecule has 10 heteroatoms. The van der Waals surface area contributed by atoms with Crippen molar-refractivity contribution in [2.45, 2.75) is 63.9 Å². The molecule has 28 heavy (non-hydrogen) atoms. The standard InChI is InChI=1S/C18H30O6S4/c1-5-21-17(25)27-13(3)15(19)23-11-9-7-8-10-12-24-16(20)14(4)28-18(26)22-6-2/h13-14H,5-12H2,1-4H3. The maximum absolute atomic E-state index is 11.8. The molecule has 0 aliphatic heterocycles. The van der Waals surface area contributed by atoms with Crippen LogP contribution < -0.4 is 0 Å². The fraction of sp³-hybridized carbons (Fsp3) is 0.778. The van der Waals surface area contributed by atoms with Gasteiger partial charge in [0, 0.05) is 0 Å². The Bertz CT molecular complexity index is 456. The van der Waals surface area contributed by atoms with E-state index in [9.17, 15) is 9.59 Å². The second-order valence-electron chi connectivity index (χ2n) is 5.64. The summed E-state index contributed by atoms with van der Waals surface area (Å²) in [6.45, 7) is 8.88. The van der Waals surface area contributed by atoms with Gasteiger partial charge in [0.25, 0.3) is 0 Å². The number of thioether (sulfide) groups is 2. The Morgan fingerprint density at radius 1 is 0.714 bits per heavy atom. The van der Waals surface area contributed by atoms with Crippen molar-refractivity contribution in [3.8, 4) is 0 Å². The summed E-state index contributed by atoms with van der Waals surface area (Å²) in [4.78, 5) is 23.7. The average molecular weight is 471 g/mol. The fourth-order valence-corrected chi connectivity index (χ4v) is 4.21. The van der Waals surface area contributed by atoms with E-state index in [-0.39, 0.29) is 22.4 Å². The summed E-state index contributed by atoms with van der Waals surface area (Å²) in [5.74, 6) is -0.588. The monoisotopic (exact) mass is 470 g/mol. The third-order valence-corrected chi connectivity index (χ3v) is 5.79. The minimum absolute atomic E-state index is 0.294. The van der Waals surface area contributed by atoms with E-state index in [1.807, 2.05) is 13.8 Å². The van der Waals surface area contributed by atoms with E-state index in [1.165, 1.54) is 23.5 Å². The Kier molecular flexibility index (Phi) is 16.9. The molecular formula is C18H30O6S4. The van der Waals surface area contributed by atoms with Gasteiger partial charge < -0.3 is 18.9 Å². The van der Waals surface area contributed by atoms with E-state index < -0.39 is 0 Å². The number of rotatable bonds is 13. The molecule has 6 nitrogen and oxygen atoms in total. The minimum atomic E-state index is -0.381. The molecule has 0 aromatic carbocycles. The Balaban J connectivity index is 3.68. The molecule has 0 amide bonds. The first-order chi connectivity index (χ1) is 13.3. The molecule has 0 saturated heterocycles. The van der Waals surface area contributed by atoms with Gasteiger partial charge >= 0.3 is 11.9 Å². The number of hydrogen-bond acceptors (Lipinski definition) is 10. The zero-order valence-electron chi connectivity index (χ0n) is 16.9. The van der Waals surface area contributed by atoms with Gasteiger partial charge in [-0.05, 0) is 77.8 Å². The van der Waals surface area contributed by atoms with E-state index in [0.29, 0.717) is 35.2 Å².